The third-order valence-electron chi connectivity index (χ3n) is 1.96. The third kappa shape index (κ3) is 11.9. The van der Waals surface area contributed by atoms with E-state index in [1.165, 1.54) is 12.8 Å². The zero-order chi connectivity index (χ0) is 9.78. The number of ether oxygens (including phenoxy) is 1. The topological polar surface area (TPSA) is 41.5 Å². The fourth-order valence-electron chi connectivity index (χ4n) is 1.18. The quantitative estimate of drug-likeness (QED) is 0.507. The monoisotopic (exact) mass is 189 g/mol. The standard InChI is InChI=1S/C10H23NO2/c1-13-10-6-8-11-7-4-2-3-5-9-12/h11-12H,2-10H2,1H3. The summed E-state index contributed by atoms with van der Waals surface area (Å²) in [6.45, 7) is 3.32. The van der Waals surface area contributed by atoms with Crippen LogP contribution in [0.1, 0.15) is 32.1 Å². The molecule has 80 valence electrons. The van der Waals surface area contributed by atoms with Gasteiger partial charge in [0.05, 0.1) is 0 Å². The van der Waals surface area contributed by atoms with Crippen molar-refractivity contribution in [1.29, 1.82) is 0 Å². The molecule has 0 aromatic rings. The lowest BCUT2D eigenvalue weighted by atomic mass is 10.2. The number of aliphatic hydroxyl groups is 1. The molecule has 0 rings (SSSR count). The highest BCUT2D eigenvalue weighted by atomic mass is 16.5. The maximum absolute atomic E-state index is 8.54. The van der Waals surface area contributed by atoms with Gasteiger partial charge in [0.25, 0.3) is 0 Å². The normalized spacial score (nSPS) is 10.6. The van der Waals surface area contributed by atoms with Crippen LogP contribution in [0.15, 0.2) is 0 Å². The largest absolute Gasteiger partial charge is 0.396 e. The van der Waals surface area contributed by atoms with Crippen molar-refractivity contribution in [2.24, 2.45) is 0 Å². The Hall–Kier alpha value is -0.120. The van der Waals surface area contributed by atoms with Crippen molar-refractivity contribution >= 4 is 0 Å². The predicted molar refractivity (Wildman–Crippen MR) is 54.9 cm³/mol. The Bertz CT molecular complexity index is 79.0. The maximum atomic E-state index is 8.54. The molecule has 0 aliphatic heterocycles. The molecule has 0 amide bonds. The molecule has 13 heavy (non-hydrogen) atoms. The number of methoxy groups -OCH3 is 1. The second kappa shape index (κ2) is 11.9. The molecule has 0 heterocycles. The van der Waals surface area contributed by atoms with Crippen LogP contribution in [0.4, 0.5) is 0 Å². The van der Waals surface area contributed by atoms with Crippen LogP contribution in [0.3, 0.4) is 0 Å². The fraction of sp³-hybridized carbons (Fsp3) is 1.00. The zero-order valence-corrected chi connectivity index (χ0v) is 8.72. The number of hydrogen-bond donors (Lipinski definition) is 2. The van der Waals surface area contributed by atoms with Crippen molar-refractivity contribution in [3.8, 4) is 0 Å². The average molecular weight is 189 g/mol. The zero-order valence-electron chi connectivity index (χ0n) is 8.72. The Kier molecular flexibility index (Phi) is 11.8. The van der Waals surface area contributed by atoms with Gasteiger partial charge in [-0.15, -0.1) is 0 Å². The first-order valence-corrected chi connectivity index (χ1v) is 5.22. The van der Waals surface area contributed by atoms with E-state index in [0.29, 0.717) is 6.61 Å². The predicted octanol–water partition coefficient (Wildman–Crippen LogP) is 1.17. The summed E-state index contributed by atoms with van der Waals surface area (Å²) >= 11 is 0. The molecule has 0 aromatic heterocycles. The molecule has 0 saturated heterocycles. The third-order valence-corrected chi connectivity index (χ3v) is 1.96. The first kappa shape index (κ1) is 12.9. The molecule has 0 aliphatic carbocycles. The number of hydrogen-bond acceptors (Lipinski definition) is 3. The lowest BCUT2D eigenvalue weighted by molar-refractivity contribution is 0.194. The molecule has 3 nitrogen and oxygen atoms in total. The molecule has 0 aromatic carbocycles. The van der Waals surface area contributed by atoms with Crippen molar-refractivity contribution in [1.82, 2.24) is 5.32 Å². The Morgan fingerprint density at radius 1 is 1.00 bits per heavy atom. The highest BCUT2D eigenvalue weighted by molar-refractivity contribution is 4.49. The molecule has 0 spiro atoms. The van der Waals surface area contributed by atoms with Crippen molar-refractivity contribution in [3.05, 3.63) is 0 Å². The van der Waals surface area contributed by atoms with Crippen LogP contribution in [-0.4, -0.2) is 38.5 Å². The van der Waals surface area contributed by atoms with Gasteiger partial charge >= 0.3 is 0 Å². The van der Waals surface area contributed by atoms with E-state index in [0.717, 1.165) is 39.0 Å². The Morgan fingerprint density at radius 3 is 2.38 bits per heavy atom. The Morgan fingerprint density at radius 2 is 1.69 bits per heavy atom. The van der Waals surface area contributed by atoms with Gasteiger partial charge in [0.2, 0.25) is 0 Å². The Balaban J connectivity index is 2.76. The number of aliphatic hydroxyl groups excluding tert-OH is 1. The van der Waals surface area contributed by atoms with Crippen LogP contribution in [-0.2, 0) is 4.74 Å². The van der Waals surface area contributed by atoms with Gasteiger partial charge < -0.3 is 15.2 Å². The van der Waals surface area contributed by atoms with Crippen LogP contribution in [0.5, 0.6) is 0 Å². The van der Waals surface area contributed by atoms with Gasteiger partial charge in [0.15, 0.2) is 0 Å². The molecule has 0 aliphatic rings. The van der Waals surface area contributed by atoms with Crippen molar-refractivity contribution < 1.29 is 9.84 Å². The van der Waals surface area contributed by atoms with Gasteiger partial charge in [-0.1, -0.05) is 12.8 Å². The van der Waals surface area contributed by atoms with Gasteiger partial charge in [-0.3, -0.25) is 0 Å². The average Bonchev–Trinajstić information content (AvgIpc) is 2.16. The minimum Gasteiger partial charge on any atom is -0.396 e. The highest BCUT2D eigenvalue weighted by Gasteiger charge is 1.89. The summed E-state index contributed by atoms with van der Waals surface area (Å²) in [6, 6.07) is 0. The molecular formula is C10H23NO2. The molecule has 0 fully saturated rings. The summed E-state index contributed by atoms with van der Waals surface area (Å²) in [4.78, 5) is 0. The maximum Gasteiger partial charge on any atom is 0.0474 e. The first-order chi connectivity index (χ1) is 6.41. The van der Waals surface area contributed by atoms with Crippen LogP contribution >= 0.6 is 0 Å². The van der Waals surface area contributed by atoms with E-state index in [2.05, 4.69) is 5.32 Å². The van der Waals surface area contributed by atoms with E-state index >= 15 is 0 Å². The summed E-state index contributed by atoms with van der Waals surface area (Å²) in [7, 11) is 1.73. The van der Waals surface area contributed by atoms with E-state index in [1.807, 2.05) is 0 Å². The summed E-state index contributed by atoms with van der Waals surface area (Å²) in [5, 5.41) is 11.9. The van der Waals surface area contributed by atoms with Gasteiger partial charge in [0.1, 0.15) is 0 Å². The minimum atomic E-state index is 0.335. The van der Waals surface area contributed by atoms with Crippen molar-refractivity contribution in [2.75, 3.05) is 33.4 Å². The Labute approximate surface area is 81.5 Å². The summed E-state index contributed by atoms with van der Waals surface area (Å²) in [5.41, 5.74) is 0. The SMILES string of the molecule is COCCCNCCCCCCO. The molecule has 2 N–H and O–H groups in total. The van der Waals surface area contributed by atoms with Crippen LogP contribution < -0.4 is 5.32 Å². The lowest BCUT2D eigenvalue weighted by Crippen LogP contribution is -2.17. The van der Waals surface area contributed by atoms with Crippen molar-refractivity contribution in [2.45, 2.75) is 32.1 Å². The van der Waals surface area contributed by atoms with Crippen LogP contribution in [0.2, 0.25) is 0 Å². The van der Waals surface area contributed by atoms with Gasteiger partial charge in [-0.05, 0) is 32.4 Å². The number of nitrogens with one attached hydrogen (secondary N) is 1. The van der Waals surface area contributed by atoms with E-state index in [1.54, 1.807) is 7.11 Å². The molecular weight excluding hydrogens is 166 g/mol. The molecule has 3 heteroatoms. The number of unbranched alkanes of at least 4 members (excludes halogenated alkanes) is 3. The van der Waals surface area contributed by atoms with E-state index < -0.39 is 0 Å². The van der Waals surface area contributed by atoms with E-state index in [-0.39, 0.29) is 0 Å². The first-order valence-electron chi connectivity index (χ1n) is 5.22. The van der Waals surface area contributed by atoms with E-state index in [4.69, 9.17) is 9.84 Å². The van der Waals surface area contributed by atoms with Gasteiger partial charge in [0, 0.05) is 20.3 Å². The molecule has 0 bridgehead atoms. The smallest absolute Gasteiger partial charge is 0.0474 e. The molecule has 0 saturated carbocycles. The highest BCUT2D eigenvalue weighted by Crippen LogP contribution is 1.97. The molecule has 0 atom stereocenters. The van der Waals surface area contributed by atoms with Crippen LogP contribution in [0.25, 0.3) is 0 Å². The second-order valence-electron chi connectivity index (χ2n) is 3.23. The second-order valence-corrected chi connectivity index (χ2v) is 3.23. The lowest BCUT2D eigenvalue weighted by Gasteiger charge is -2.03. The molecule has 0 radical (unpaired) electrons. The molecule has 0 unspecified atom stereocenters. The summed E-state index contributed by atoms with van der Waals surface area (Å²) in [6.07, 6.45) is 5.62. The number of rotatable bonds is 10. The summed E-state index contributed by atoms with van der Waals surface area (Å²) < 4.78 is 4.93. The van der Waals surface area contributed by atoms with E-state index in [9.17, 15) is 0 Å². The van der Waals surface area contributed by atoms with Gasteiger partial charge in [-0.2, -0.15) is 0 Å². The van der Waals surface area contributed by atoms with Gasteiger partial charge in [-0.25, -0.2) is 0 Å². The summed E-state index contributed by atoms with van der Waals surface area (Å²) in [5.74, 6) is 0. The fourth-order valence-corrected chi connectivity index (χ4v) is 1.18. The van der Waals surface area contributed by atoms with Crippen molar-refractivity contribution in [3.63, 3.8) is 0 Å². The minimum absolute atomic E-state index is 0.335. The van der Waals surface area contributed by atoms with Crippen LogP contribution in [0, 0.1) is 0 Å².